The molecule has 28 heavy (non-hydrogen) atoms. The molecule has 8 nitrogen and oxygen atoms in total. The molecule has 0 aromatic heterocycles. The Kier molecular flexibility index (Phi) is 3.82. The smallest absolute Gasteiger partial charge is 0.273 e. The number of carbonyl (C=O) groups excluding carboxylic acids is 2. The molecule has 138 valence electrons. The van der Waals surface area contributed by atoms with Crippen LogP contribution in [-0.4, -0.2) is 26.7 Å². The monoisotopic (exact) mass is 376 g/mol. The molecule has 3 N–H and O–H groups in total. The van der Waals surface area contributed by atoms with Crippen LogP contribution in [-0.2, 0) is 0 Å². The SMILES string of the molecule is O=C1c2cc([N+](=O)[O-])cc(O)c2C(=O)c2c1ccc(O)c2Nc1ccccc1. The Morgan fingerprint density at radius 2 is 1.54 bits per heavy atom. The molecule has 8 heteroatoms. The zero-order chi connectivity index (χ0) is 20.0. The Labute approximate surface area is 157 Å². The van der Waals surface area contributed by atoms with Crippen molar-refractivity contribution >= 4 is 28.6 Å². The fraction of sp³-hybridized carbons (Fsp3) is 0. The number of phenols is 2. The summed E-state index contributed by atoms with van der Waals surface area (Å²) in [7, 11) is 0. The van der Waals surface area contributed by atoms with E-state index in [1.54, 1.807) is 30.3 Å². The van der Waals surface area contributed by atoms with Gasteiger partial charge < -0.3 is 15.5 Å². The third-order valence-electron chi connectivity index (χ3n) is 4.48. The highest BCUT2D eigenvalue weighted by Crippen LogP contribution is 2.42. The first-order valence-electron chi connectivity index (χ1n) is 8.17. The molecule has 3 aromatic rings. The van der Waals surface area contributed by atoms with Crippen molar-refractivity contribution in [2.75, 3.05) is 5.32 Å². The quantitative estimate of drug-likeness (QED) is 0.283. The van der Waals surface area contributed by atoms with Gasteiger partial charge in [0.2, 0.25) is 0 Å². The predicted octanol–water partition coefficient (Wildman–Crippen LogP) is 3.53. The standard InChI is InChI=1S/C20H12N2O6/c23-14-7-6-12-17(18(14)21-10-4-2-1-3-5-10)20(26)16-13(19(12)25)8-11(22(27)28)9-15(16)24/h1-9,21,23-24H. The van der Waals surface area contributed by atoms with Crippen molar-refractivity contribution in [2.24, 2.45) is 0 Å². The second-order valence-electron chi connectivity index (χ2n) is 6.18. The number of anilines is 2. The number of ketones is 2. The average Bonchev–Trinajstić information content (AvgIpc) is 2.67. The normalized spacial score (nSPS) is 12.3. The number of nitro groups is 1. The van der Waals surface area contributed by atoms with E-state index in [4.69, 9.17) is 0 Å². The molecule has 0 bridgehead atoms. The number of nitrogens with one attached hydrogen (secondary N) is 1. The highest BCUT2D eigenvalue weighted by atomic mass is 16.6. The molecule has 0 amide bonds. The molecule has 0 saturated carbocycles. The van der Waals surface area contributed by atoms with Gasteiger partial charge in [-0.3, -0.25) is 19.7 Å². The summed E-state index contributed by atoms with van der Waals surface area (Å²) >= 11 is 0. The number of hydrogen-bond acceptors (Lipinski definition) is 7. The molecule has 0 spiro atoms. The van der Waals surface area contributed by atoms with Gasteiger partial charge in [-0.2, -0.15) is 0 Å². The van der Waals surface area contributed by atoms with Gasteiger partial charge in [-0.25, -0.2) is 0 Å². The van der Waals surface area contributed by atoms with Crippen LogP contribution in [0.15, 0.2) is 54.6 Å². The summed E-state index contributed by atoms with van der Waals surface area (Å²) in [6, 6.07) is 13.0. The molecule has 0 heterocycles. The summed E-state index contributed by atoms with van der Waals surface area (Å²) in [4.78, 5) is 36.3. The van der Waals surface area contributed by atoms with Crippen molar-refractivity contribution in [1.29, 1.82) is 0 Å². The number of para-hydroxylation sites is 1. The fourth-order valence-electron chi connectivity index (χ4n) is 3.21. The summed E-state index contributed by atoms with van der Waals surface area (Å²) in [5, 5.41) is 34.4. The molecule has 1 aliphatic carbocycles. The zero-order valence-electron chi connectivity index (χ0n) is 14.2. The molecule has 0 aliphatic heterocycles. The Morgan fingerprint density at radius 1 is 0.821 bits per heavy atom. The van der Waals surface area contributed by atoms with Crippen molar-refractivity contribution in [3.05, 3.63) is 87.0 Å². The third-order valence-corrected chi connectivity index (χ3v) is 4.48. The summed E-state index contributed by atoms with van der Waals surface area (Å²) in [5.74, 6) is -2.29. The van der Waals surface area contributed by atoms with Gasteiger partial charge in [-0.05, 0) is 24.3 Å². The lowest BCUT2D eigenvalue weighted by atomic mass is 9.82. The molecule has 3 aromatic carbocycles. The lowest BCUT2D eigenvalue weighted by Gasteiger charge is -2.22. The van der Waals surface area contributed by atoms with Crippen LogP contribution < -0.4 is 5.32 Å². The fourth-order valence-corrected chi connectivity index (χ4v) is 3.21. The van der Waals surface area contributed by atoms with E-state index in [-0.39, 0.29) is 33.7 Å². The van der Waals surface area contributed by atoms with Crippen LogP contribution in [0.25, 0.3) is 0 Å². The minimum absolute atomic E-state index is 0.0189. The number of aromatic hydroxyl groups is 2. The van der Waals surface area contributed by atoms with Crippen molar-refractivity contribution in [1.82, 2.24) is 0 Å². The molecule has 0 fully saturated rings. The van der Waals surface area contributed by atoms with Crippen LogP contribution in [0.5, 0.6) is 11.5 Å². The summed E-state index contributed by atoms with van der Waals surface area (Å²) in [6.07, 6.45) is 0. The van der Waals surface area contributed by atoms with Crippen LogP contribution in [0, 0.1) is 10.1 Å². The van der Waals surface area contributed by atoms with E-state index in [1.165, 1.54) is 12.1 Å². The molecule has 0 atom stereocenters. The van der Waals surface area contributed by atoms with Crippen LogP contribution >= 0.6 is 0 Å². The number of hydrogen-bond donors (Lipinski definition) is 3. The van der Waals surface area contributed by atoms with E-state index in [0.29, 0.717) is 5.69 Å². The predicted molar refractivity (Wildman–Crippen MR) is 99.5 cm³/mol. The van der Waals surface area contributed by atoms with Gasteiger partial charge in [0.1, 0.15) is 11.5 Å². The molecular weight excluding hydrogens is 364 g/mol. The lowest BCUT2D eigenvalue weighted by molar-refractivity contribution is -0.385. The minimum atomic E-state index is -0.757. The first kappa shape index (κ1) is 17.2. The van der Waals surface area contributed by atoms with Crippen LogP contribution in [0.4, 0.5) is 17.1 Å². The highest BCUT2D eigenvalue weighted by molar-refractivity contribution is 6.31. The van der Waals surface area contributed by atoms with Gasteiger partial charge in [-0.15, -0.1) is 0 Å². The summed E-state index contributed by atoms with van der Waals surface area (Å²) < 4.78 is 0. The third kappa shape index (κ3) is 2.55. The molecule has 1 aliphatic rings. The maximum atomic E-state index is 13.1. The second kappa shape index (κ2) is 6.20. The summed E-state index contributed by atoms with van der Waals surface area (Å²) in [6.45, 7) is 0. The van der Waals surface area contributed by atoms with E-state index in [9.17, 15) is 29.9 Å². The average molecular weight is 376 g/mol. The molecule has 0 radical (unpaired) electrons. The van der Waals surface area contributed by atoms with Crippen molar-refractivity contribution < 1.29 is 24.7 Å². The number of rotatable bonds is 3. The van der Waals surface area contributed by atoms with Crippen molar-refractivity contribution in [3.8, 4) is 11.5 Å². The van der Waals surface area contributed by atoms with Gasteiger partial charge in [0, 0.05) is 22.9 Å². The topological polar surface area (TPSA) is 130 Å². The van der Waals surface area contributed by atoms with Gasteiger partial charge in [0.25, 0.3) is 5.69 Å². The van der Waals surface area contributed by atoms with E-state index >= 15 is 0 Å². The number of fused-ring (bicyclic) bond motifs is 2. The van der Waals surface area contributed by atoms with Gasteiger partial charge in [-0.1, -0.05) is 18.2 Å². The minimum Gasteiger partial charge on any atom is -0.507 e. The van der Waals surface area contributed by atoms with E-state index in [0.717, 1.165) is 12.1 Å². The van der Waals surface area contributed by atoms with Crippen LogP contribution in [0.2, 0.25) is 0 Å². The first-order valence-corrected chi connectivity index (χ1v) is 8.17. The number of nitrogens with zero attached hydrogens (tertiary/aromatic N) is 1. The molecular formula is C20H12N2O6. The van der Waals surface area contributed by atoms with E-state index in [1.807, 2.05) is 0 Å². The van der Waals surface area contributed by atoms with Crippen molar-refractivity contribution in [3.63, 3.8) is 0 Å². The van der Waals surface area contributed by atoms with Gasteiger partial charge in [0.15, 0.2) is 11.6 Å². The first-order chi connectivity index (χ1) is 13.4. The van der Waals surface area contributed by atoms with E-state index < -0.39 is 27.9 Å². The van der Waals surface area contributed by atoms with E-state index in [2.05, 4.69) is 5.32 Å². The Hall–Kier alpha value is -4.20. The number of phenolic OH excluding ortho intramolecular Hbond substituents is 2. The molecule has 0 unspecified atom stereocenters. The second-order valence-corrected chi connectivity index (χ2v) is 6.18. The maximum Gasteiger partial charge on any atom is 0.273 e. The maximum absolute atomic E-state index is 13.1. The lowest BCUT2D eigenvalue weighted by Crippen LogP contribution is -2.22. The van der Waals surface area contributed by atoms with Gasteiger partial charge in [0.05, 0.1) is 27.8 Å². The molecule has 0 saturated heterocycles. The summed E-state index contributed by atoms with van der Waals surface area (Å²) in [5.41, 5.74) is -0.609. The number of carbonyl (C=O) groups is 2. The number of non-ortho nitro benzene ring substituents is 1. The van der Waals surface area contributed by atoms with Crippen molar-refractivity contribution in [2.45, 2.75) is 0 Å². The van der Waals surface area contributed by atoms with Crippen LogP contribution in [0.1, 0.15) is 31.8 Å². The zero-order valence-corrected chi connectivity index (χ0v) is 14.2. The molecule has 4 rings (SSSR count). The largest absolute Gasteiger partial charge is 0.507 e. The Balaban J connectivity index is 1.93. The Morgan fingerprint density at radius 3 is 2.21 bits per heavy atom. The number of benzene rings is 3. The Bertz CT molecular complexity index is 1170. The number of nitro benzene ring substituents is 1. The highest BCUT2D eigenvalue weighted by Gasteiger charge is 2.36. The van der Waals surface area contributed by atoms with Crippen LogP contribution in [0.3, 0.4) is 0 Å². The van der Waals surface area contributed by atoms with Gasteiger partial charge >= 0.3 is 0 Å².